The van der Waals surface area contributed by atoms with Crippen LogP contribution in [0.5, 0.6) is 0 Å². The van der Waals surface area contributed by atoms with Crippen molar-refractivity contribution in [3.8, 4) is 0 Å². The minimum absolute atomic E-state index is 0.145. The summed E-state index contributed by atoms with van der Waals surface area (Å²) >= 11 is 6.05. The fourth-order valence-electron chi connectivity index (χ4n) is 2.97. The Morgan fingerprint density at radius 3 is 2.88 bits per heavy atom. The summed E-state index contributed by atoms with van der Waals surface area (Å²) in [4.78, 5) is 14.3. The summed E-state index contributed by atoms with van der Waals surface area (Å²) in [5.74, 6) is 0.714. The van der Waals surface area contributed by atoms with Crippen molar-refractivity contribution < 1.29 is 9.32 Å². The number of piperidine rings is 1. The third-order valence-electron chi connectivity index (χ3n) is 4.66. The summed E-state index contributed by atoms with van der Waals surface area (Å²) in [6.45, 7) is 7.22. The van der Waals surface area contributed by atoms with Gasteiger partial charge in [-0.2, -0.15) is 0 Å². The highest BCUT2D eigenvalue weighted by Gasteiger charge is 2.25. The minimum Gasteiger partial charge on any atom is -0.338 e. The van der Waals surface area contributed by atoms with Gasteiger partial charge in [-0.25, -0.2) is 4.79 Å². The fraction of sp³-hybridized carbons (Fsp3) is 0.368. The second-order valence-electron chi connectivity index (χ2n) is 6.52. The molecule has 0 radical (unpaired) electrons. The smallest absolute Gasteiger partial charge is 0.324 e. The molecular formula is C19H22ClN3O2. The van der Waals surface area contributed by atoms with Gasteiger partial charge in [-0.05, 0) is 43.9 Å². The first kappa shape index (κ1) is 17.5. The Kier molecular flexibility index (Phi) is 5.13. The average Bonchev–Trinajstić information content (AvgIpc) is 2.89. The number of rotatable bonds is 2. The monoisotopic (exact) mass is 359 g/mol. The van der Waals surface area contributed by atoms with Crippen LogP contribution in [0.3, 0.4) is 0 Å². The highest BCUT2D eigenvalue weighted by atomic mass is 35.5. The Morgan fingerprint density at radius 1 is 1.44 bits per heavy atom. The number of nitrogens with zero attached hydrogens (tertiary/aromatic N) is 2. The average molecular weight is 360 g/mol. The number of halogens is 1. The molecule has 1 aromatic carbocycles. The molecule has 1 fully saturated rings. The van der Waals surface area contributed by atoms with Gasteiger partial charge in [-0.3, -0.25) is 5.32 Å². The molecule has 2 amide bonds. The molecule has 0 saturated carbocycles. The summed E-state index contributed by atoms with van der Waals surface area (Å²) in [6, 6.07) is 7.67. The number of carbonyl (C=O) groups excluding carboxylic acids is 1. The van der Waals surface area contributed by atoms with Crippen molar-refractivity contribution in [3.63, 3.8) is 0 Å². The number of aryl methyl sites for hydroxylation is 1. The van der Waals surface area contributed by atoms with E-state index in [-0.39, 0.29) is 11.9 Å². The Labute approximate surface area is 152 Å². The van der Waals surface area contributed by atoms with E-state index in [2.05, 4.69) is 23.5 Å². The highest BCUT2D eigenvalue weighted by molar-refractivity contribution is 6.30. The van der Waals surface area contributed by atoms with Crippen LogP contribution >= 0.6 is 11.6 Å². The van der Waals surface area contributed by atoms with E-state index >= 15 is 0 Å². The van der Waals surface area contributed by atoms with Crippen LogP contribution in [0.4, 0.5) is 10.7 Å². The van der Waals surface area contributed by atoms with Crippen molar-refractivity contribution >= 4 is 29.6 Å². The molecule has 0 spiro atoms. The molecule has 1 atom stereocenters. The Balaban J connectivity index is 1.65. The summed E-state index contributed by atoms with van der Waals surface area (Å²) in [6.07, 6.45) is 3.02. The molecule has 2 aromatic rings. The molecule has 3 rings (SSSR count). The first-order valence-corrected chi connectivity index (χ1v) is 8.76. The topological polar surface area (TPSA) is 58.4 Å². The van der Waals surface area contributed by atoms with E-state index in [1.54, 1.807) is 0 Å². The molecule has 5 nitrogen and oxygen atoms in total. The van der Waals surface area contributed by atoms with Gasteiger partial charge in [0.05, 0.1) is 5.69 Å². The van der Waals surface area contributed by atoms with Crippen molar-refractivity contribution in [1.82, 2.24) is 10.1 Å². The van der Waals surface area contributed by atoms with Crippen molar-refractivity contribution in [1.29, 1.82) is 0 Å². The first-order chi connectivity index (χ1) is 11.9. The molecule has 0 bridgehead atoms. The van der Waals surface area contributed by atoms with Gasteiger partial charge in [0.15, 0.2) is 0 Å². The van der Waals surface area contributed by atoms with Crippen molar-refractivity contribution in [3.05, 3.63) is 51.7 Å². The van der Waals surface area contributed by atoms with E-state index in [1.165, 1.54) is 5.57 Å². The maximum absolute atomic E-state index is 12.5. The van der Waals surface area contributed by atoms with Crippen LogP contribution in [0.25, 0.3) is 6.08 Å². The molecule has 132 valence electrons. The zero-order chi connectivity index (χ0) is 18.0. The first-order valence-electron chi connectivity index (χ1n) is 8.39. The van der Waals surface area contributed by atoms with Crippen LogP contribution in [0.2, 0.25) is 5.02 Å². The van der Waals surface area contributed by atoms with Crippen molar-refractivity contribution in [2.45, 2.75) is 27.2 Å². The number of anilines is 1. The minimum atomic E-state index is -0.145. The van der Waals surface area contributed by atoms with Gasteiger partial charge in [0, 0.05) is 23.7 Å². The SMILES string of the molecule is Cc1noc(NC(=O)N2CC/C(=C\c3cccc(Cl)c3)C(C)C2)c1C. The summed E-state index contributed by atoms with van der Waals surface area (Å²) in [5, 5.41) is 7.41. The normalized spacial score (nSPS) is 19.3. The van der Waals surface area contributed by atoms with Gasteiger partial charge < -0.3 is 9.42 Å². The van der Waals surface area contributed by atoms with E-state index in [4.69, 9.17) is 16.1 Å². The number of hydrogen-bond donors (Lipinski definition) is 1. The van der Waals surface area contributed by atoms with Gasteiger partial charge >= 0.3 is 6.03 Å². The number of likely N-dealkylation sites (tertiary alicyclic amines) is 1. The van der Waals surface area contributed by atoms with Gasteiger partial charge in [-0.1, -0.05) is 47.5 Å². The Morgan fingerprint density at radius 2 is 2.24 bits per heavy atom. The lowest BCUT2D eigenvalue weighted by Crippen LogP contribution is -2.42. The van der Waals surface area contributed by atoms with Gasteiger partial charge in [0.25, 0.3) is 0 Å². The largest absolute Gasteiger partial charge is 0.338 e. The van der Waals surface area contributed by atoms with E-state index in [1.807, 2.05) is 43.0 Å². The van der Waals surface area contributed by atoms with Crippen LogP contribution in [-0.2, 0) is 0 Å². The van der Waals surface area contributed by atoms with E-state index in [9.17, 15) is 4.79 Å². The van der Waals surface area contributed by atoms with Crippen LogP contribution < -0.4 is 5.32 Å². The predicted molar refractivity (Wildman–Crippen MR) is 99.8 cm³/mol. The van der Waals surface area contributed by atoms with Crippen LogP contribution in [0.1, 0.15) is 30.2 Å². The third kappa shape index (κ3) is 4.04. The summed E-state index contributed by atoms with van der Waals surface area (Å²) < 4.78 is 5.16. The second-order valence-corrected chi connectivity index (χ2v) is 6.96. The van der Waals surface area contributed by atoms with Crippen LogP contribution in [0.15, 0.2) is 34.4 Å². The highest BCUT2D eigenvalue weighted by Crippen LogP contribution is 2.26. The van der Waals surface area contributed by atoms with E-state index in [0.717, 1.165) is 28.3 Å². The molecule has 1 aromatic heterocycles. The fourth-order valence-corrected chi connectivity index (χ4v) is 3.17. The number of nitrogens with one attached hydrogen (secondary N) is 1. The lowest BCUT2D eigenvalue weighted by molar-refractivity contribution is 0.197. The molecule has 1 unspecified atom stereocenters. The number of benzene rings is 1. The molecule has 1 aliphatic rings. The van der Waals surface area contributed by atoms with Gasteiger partial charge in [0.2, 0.25) is 5.88 Å². The van der Waals surface area contributed by atoms with Crippen LogP contribution in [-0.4, -0.2) is 29.2 Å². The maximum Gasteiger partial charge on any atom is 0.324 e. The molecule has 1 aliphatic heterocycles. The standard InChI is InChI=1S/C19H22ClN3O2/c1-12-11-23(19(24)21-18-13(2)14(3)22-25-18)8-7-16(12)9-15-5-4-6-17(20)10-15/h4-6,9-10,12H,7-8,11H2,1-3H3,(H,21,24)/b16-9+. The predicted octanol–water partition coefficient (Wildman–Crippen LogP) is 4.90. The zero-order valence-corrected chi connectivity index (χ0v) is 15.4. The second kappa shape index (κ2) is 7.31. The molecular weight excluding hydrogens is 338 g/mol. The molecule has 6 heteroatoms. The van der Waals surface area contributed by atoms with E-state index in [0.29, 0.717) is 19.0 Å². The summed E-state index contributed by atoms with van der Waals surface area (Å²) in [7, 11) is 0. The number of urea groups is 1. The van der Waals surface area contributed by atoms with Gasteiger partial charge in [0.1, 0.15) is 0 Å². The summed E-state index contributed by atoms with van der Waals surface area (Å²) in [5.41, 5.74) is 4.08. The Bertz CT molecular complexity index is 813. The maximum atomic E-state index is 12.5. The van der Waals surface area contributed by atoms with Crippen molar-refractivity contribution in [2.24, 2.45) is 5.92 Å². The zero-order valence-electron chi connectivity index (χ0n) is 14.7. The Hall–Kier alpha value is -2.27. The number of hydrogen-bond acceptors (Lipinski definition) is 3. The molecule has 0 aliphatic carbocycles. The molecule has 25 heavy (non-hydrogen) atoms. The van der Waals surface area contributed by atoms with Crippen molar-refractivity contribution in [2.75, 3.05) is 18.4 Å². The molecule has 1 N–H and O–H groups in total. The lowest BCUT2D eigenvalue weighted by atomic mass is 9.91. The molecule has 2 heterocycles. The lowest BCUT2D eigenvalue weighted by Gasteiger charge is -2.33. The molecule has 1 saturated heterocycles. The third-order valence-corrected chi connectivity index (χ3v) is 4.90. The van der Waals surface area contributed by atoms with E-state index < -0.39 is 0 Å². The number of aromatic nitrogens is 1. The van der Waals surface area contributed by atoms with Crippen LogP contribution in [0, 0.1) is 19.8 Å². The number of amides is 2. The van der Waals surface area contributed by atoms with Gasteiger partial charge in [-0.15, -0.1) is 0 Å². The number of carbonyl (C=O) groups is 1. The quantitative estimate of drug-likeness (QED) is 0.829.